The Morgan fingerprint density at radius 2 is 2.10 bits per heavy atom. The Balaban J connectivity index is 2.46. The van der Waals surface area contributed by atoms with Crippen molar-refractivity contribution in [1.82, 2.24) is 4.98 Å². The van der Waals surface area contributed by atoms with Crippen LogP contribution >= 0.6 is 0 Å². The number of halogens is 1. The van der Waals surface area contributed by atoms with Crippen LogP contribution < -0.4 is 10.2 Å². The normalized spacial score (nSPS) is 10.3. The lowest BCUT2D eigenvalue weighted by Crippen LogP contribution is -2.32. The Kier molecular flexibility index (Phi) is 4.52. The summed E-state index contributed by atoms with van der Waals surface area (Å²) < 4.78 is 13.4. The number of anilines is 2. The van der Waals surface area contributed by atoms with Crippen molar-refractivity contribution in [2.75, 3.05) is 23.8 Å². The van der Waals surface area contributed by atoms with Gasteiger partial charge in [0.1, 0.15) is 11.6 Å². The smallest absolute Gasteiger partial charge is 0.262 e. The molecule has 0 aliphatic rings. The number of carbonyl (C=O) groups is 1. The van der Waals surface area contributed by atoms with Crippen molar-refractivity contribution in [3.8, 4) is 0 Å². The van der Waals surface area contributed by atoms with Gasteiger partial charge < -0.3 is 10.2 Å². The van der Waals surface area contributed by atoms with E-state index < -0.39 is 5.82 Å². The Morgan fingerprint density at radius 3 is 2.71 bits per heavy atom. The topological polar surface area (TPSA) is 45.2 Å². The van der Waals surface area contributed by atoms with Crippen LogP contribution in [0.3, 0.4) is 0 Å². The van der Waals surface area contributed by atoms with Gasteiger partial charge in [-0.3, -0.25) is 4.79 Å². The molecule has 5 heteroatoms. The second kappa shape index (κ2) is 6.35. The van der Waals surface area contributed by atoms with Crippen LogP contribution in [0, 0.1) is 12.7 Å². The average molecular weight is 287 g/mol. The minimum Gasteiger partial charge on any atom is -0.372 e. The first kappa shape index (κ1) is 15.0. The molecule has 1 aromatic heterocycles. The summed E-state index contributed by atoms with van der Waals surface area (Å²) in [5.74, 6) is -0.435. The van der Waals surface area contributed by atoms with E-state index in [4.69, 9.17) is 0 Å². The third-order valence-electron chi connectivity index (χ3n) is 3.29. The number of para-hydroxylation sites is 1. The van der Waals surface area contributed by atoms with Gasteiger partial charge in [0.2, 0.25) is 0 Å². The van der Waals surface area contributed by atoms with E-state index >= 15 is 0 Å². The third-order valence-corrected chi connectivity index (χ3v) is 3.29. The number of pyridine rings is 1. The van der Waals surface area contributed by atoms with Crippen molar-refractivity contribution in [2.45, 2.75) is 13.8 Å². The highest BCUT2D eigenvalue weighted by atomic mass is 19.1. The lowest BCUT2D eigenvalue weighted by atomic mass is 10.1. The lowest BCUT2D eigenvalue weighted by Gasteiger charge is -2.23. The Bertz CT molecular complexity index is 658. The zero-order chi connectivity index (χ0) is 15.4. The maximum Gasteiger partial charge on any atom is 0.262 e. The Hall–Kier alpha value is -2.43. The van der Waals surface area contributed by atoms with Crippen LogP contribution in [0.5, 0.6) is 0 Å². The molecule has 0 spiro atoms. The highest BCUT2D eigenvalue weighted by Gasteiger charge is 2.21. The monoisotopic (exact) mass is 287 g/mol. The van der Waals surface area contributed by atoms with Crippen molar-refractivity contribution >= 4 is 17.4 Å². The van der Waals surface area contributed by atoms with Gasteiger partial charge in [0, 0.05) is 19.3 Å². The van der Waals surface area contributed by atoms with E-state index in [2.05, 4.69) is 10.3 Å². The van der Waals surface area contributed by atoms with Crippen LogP contribution in [-0.2, 0) is 0 Å². The Labute approximate surface area is 123 Å². The number of aryl methyl sites for hydroxylation is 1. The molecule has 1 N–H and O–H groups in total. The molecule has 1 aromatic carbocycles. The first-order valence-corrected chi connectivity index (χ1v) is 6.79. The second-order valence-corrected chi connectivity index (χ2v) is 4.64. The largest absolute Gasteiger partial charge is 0.372 e. The van der Waals surface area contributed by atoms with Gasteiger partial charge in [-0.05, 0) is 31.5 Å². The van der Waals surface area contributed by atoms with Gasteiger partial charge in [0.05, 0.1) is 11.8 Å². The summed E-state index contributed by atoms with van der Waals surface area (Å²) in [6.45, 7) is 4.31. The molecule has 21 heavy (non-hydrogen) atoms. The molecule has 110 valence electrons. The molecule has 0 saturated heterocycles. The van der Waals surface area contributed by atoms with Crippen LogP contribution in [0.1, 0.15) is 22.8 Å². The van der Waals surface area contributed by atoms with Crippen molar-refractivity contribution in [1.29, 1.82) is 0 Å². The zero-order valence-electron chi connectivity index (χ0n) is 12.4. The van der Waals surface area contributed by atoms with Crippen LogP contribution in [0.15, 0.2) is 36.5 Å². The Morgan fingerprint density at radius 1 is 1.38 bits per heavy atom. The fourth-order valence-electron chi connectivity index (χ4n) is 2.24. The van der Waals surface area contributed by atoms with Gasteiger partial charge in [0.25, 0.3) is 5.91 Å². The number of benzene rings is 1. The fourth-order valence-corrected chi connectivity index (χ4v) is 2.24. The SMILES string of the molecule is CCN(C(=O)c1cc(F)cnc1NC)c1ccccc1C. The first-order chi connectivity index (χ1) is 10.1. The molecule has 1 heterocycles. The molecule has 4 nitrogen and oxygen atoms in total. The van der Waals surface area contributed by atoms with Gasteiger partial charge in [-0.25, -0.2) is 9.37 Å². The van der Waals surface area contributed by atoms with Crippen molar-refractivity contribution in [3.63, 3.8) is 0 Å². The van der Waals surface area contributed by atoms with Crippen LogP contribution in [0.2, 0.25) is 0 Å². The summed E-state index contributed by atoms with van der Waals surface area (Å²) in [6.07, 6.45) is 1.09. The van der Waals surface area contributed by atoms with Gasteiger partial charge in [-0.2, -0.15) is 0 Å². The average Bonchev–Trinajstić information content (AvgIpc) is 2.49. The summed E-state index contributed by atoms with van der Waals surface area (Å²) in [6, 6.07) is 8.82. The van der Waals surface area contributed by atoms with Gasteiger partial charge in [-0.15, -0.1) is 0 Å². The molecule has 0 aliphatic heterocycles. The number of amides is 1. The summed E-state index contributed by atoms with van der Waals surface area (Å²) in [4.78, 5) is 18.3. The van der Waals surface area contributed by atoms with Gasteiger partial charge in [-0.1, -0.05) is 18.2 Å². The van der Waals surface area contributed by atoms with Gasteiger partial charge in [0.15, 0.2) is 0 Å². The molecule has 0 fully saturated rings. The minimum atomic E-state index is -0.529. The van der Waals surface area contributed by atoms with E-state index in [0.29, 0.717) is 12.4 Å². The summed E-state index contributed by atoms with van der Waals surface area (Å²) in [5.41, 5.74) is 2.03. The molecule has 2 aromatic rings. The maximum atomic E-state index is 13.4. The van der Waals surface area contributed by atoms with E-state index in [1.807, 2.05) is 38.1 Å². The standard InChI is InChI=1S/C16H18FN3O/c1-4-20(14-8-6-5-7-11(14)2)16(21)13-9-12(17)10-19-15(13)18-3/h5-10H,4H2,1-3H3,(H,18,19). The number of aromatic nitrogens is 1. The highest BCUT2D eigenvalue weighted by Crippen LogP contribution is 2.23. The van der Waals surface area contributed by atoms with Crippen LogP contribution in [0.25, 0.3) is 0 Å². The maximum absolute atomic E-state index is 13.4. The minimum absolute atomic E-state index is 0.225. The molecule has 0 unspecified atom stereocenters. The highest BCUT2D eigenvalue weighted by molar-refractivity contribution is 6.09. The van der Waals surface area contributed by atoms with Crippen molar-refractivity contribution in [3.05, 3.63) is 53.5 Å². The third kappa shape index (κ3) is 3.02. The lowest BCUT2D eigenvalue weighted by molar-refractivity contribution is 0.0988. The van der Waals surface area contributed by atoms with Crippen molar-refractivity contribution in [2.24, 2.45) is 0 Å². The number of nitrogens with zero attached hydrogens (tertiary/aromatic N) is 2. The number of hydrogen-bond acceptors (Lipinski definition) is 3. The zero-order valence-corrected chi connectivity index (χ0v) is 12.4. The van der Waals surface area contributed by atoms with Crippen LogP contribution in [-0.4, -0.2) is 24.5 Å². The van der Waals surface area contributed by atoms with Gasteiger partial charge >= 0.3 is 0 Å². The summed E-state index contributed by atoms with van der Waals surface area (Å²) in [5, 5.41) is 2.82. The van der Waals surface area contributed by atoms with E-state index in [1.54, 1.807) is 11.9 Å². The molecule has 0 radical (unpaired) electrons. The number of nitrogens with one attached hydrogen (secondary N) is 1. The predicted octanol–water partition coefficient (Wildman–Crippen LogP) is 3.24. The van der Waals surface area contributed by atoms with E-state index in [9.17, 15) is 9.18 Å². The number of hydrogen-bond donors (Lipinski definition) is 1. The molecular weight excluding hydrogens is 269 g/mol. The number of carbonyl (C=O) groups excluding carboxylic acids is 1. The molecule has 0 bridgehead atoms. The van der Waals surface area contributed by atoms with Crippen molar-refractivity contribution < 1.29 is 9.18 Å². The van der Waals surface area contributed by atoms with E-state index in [0.717, 1.165) is 17.4 Å². The molecule has 0 saturated carbocycles. The second-order valence-electron chi connectivity index (χ2n) is 4.64. The van der Waals surface area contributed by atoms with Crippen LogP contribution in [0.4, 0.5) is 15.9 Å². The fraction of sp³-hybridized carbons (Fsp3) is 0.250. The molecule has 1 amide bonds. The quantitative estimate of drug-likeness (QED) is 0.939. The molecule has 0 atom stereocenters. The molecular formula is C16H18FN3O. The summed E-state index contributed by atoms with van der Waals surface area (Å²) >= 11 is 0. The first-order valence-electron chi connectivity index (χ1n) is 6.79. The van der Waals surface area contributed by atoms with E-state index in [-0.39, 0.29) is 11.5 Å². The number of rotatable bonds is 4. The molecule has 2 rings (SSSR count). The predicted molar refractivity (Wildman–Crippen MR) is 82.3 cm³/mol. The van der Waals surface area contributed by atoms with E-state index in [1.165, 1.54) is 6.07 Å². The summed E-state index contributed by atoms with van der Waals surface area (Å²) in [7, 11) is 1.65. The molecule has 0 aliphatic carbocycles.